The van der Waals surface area contributed by atoms with E-state index in [4.69, 9.17) is 0 Å². The third-order valence-electron chi connectivity index (χ3n) is 12.4. The fraction of sp³-hybridized carbons (Fsp3) is 0.137. The van der Waals surface area contributed by atoms with Crippen LogP contribution in [0.25, 0.3) is 44.9 Å². The molecule has 3 aliphatic rings. The molecule has 6 aromatic carbocycles. The molecule has 1 nitrogen and oxygen atoms in total. The number of benzene rings is 6. The Kier molecular flexibility index (Phi) is 7.52. The molecule has 0 amide bonds. The summed E-state index contributed by atoms with van der Waals surface area (Å²) in [6, 6.07) is 57.6. The number of fused-ring (bicyclic) bond motifs is 6. The highest BCUT2D eigenvalue weighted by Crippen LogP contribution is 2.52. The summed E-state index contributed by atoms with van der Waals surface area (Å²) in [6.07, 6.45) is 15.3. The van der Waals surface area contributed by atoms with E-state index in [-0.39, 0.29) is 5.41 Å². The third-order valence-corrected chi connectivity index (χ3v) is 17.7. The van der Waals surface area contributed by atoms with Gasteiger partial charge < -0.3 is 4.57 Å². The molecule has 0 saturated heterocycles. The molecule has 1 unspecified atom stereocenters. The summed E-state index contributed by atoms with van der Waals surface area (Å²) < 4.78 is 2.51. The maximum Gasteiger partial charge on any atom is 0.155 e. The molecular weight excluding hydrogens is 655 g/mol. The fourth-order valence-electron chi connectivity index (χ4n) is 10.1. The van der Waals surface area contributed by atoms with Crippen LogP contribution in [0.2, 0.25) is 5.54 Å². The second-order valence-corrected chi connectivity index (χ2v) is 19.6. The molecule has 0 aliphatic heterocycles. The Balaban J connectivity index is 1.16. The average molecular weight is 698 g/mol. The van der Waals surface area contributed by atoms with Crippen molar-refractivity contribution < 1.29 is 0 Å². The SMILES string of the molecule is CC1(C)c2ccccc2-c2cccc(-c3ccc([Si](c4ccccc4)(c4ccccc4)C4C=Cc5c(c6ccccc6n5C5=CCCC=C5)C4)cc3)c21. The van der Waals surface area contributed by atoms with E-state index in [9.17, 15) is 0 Å². The molecule has 0 spiro atoms. The second-order valence-electron chi connectivity index (χ2n) is 15.5. The molecule has 0 bridgehead atoms. The van der Waals surface area contributed by atoms with Gasteiger partial charge in [-0.05, 0) is 97.5 Å². The van der Waals surface area contributed by atoms with E-state index in [1.54, 1.807) is 0 Å². The standard InChI is InChI=1S/C51H43NSi/c1-51(2)47-27-14-12-23-43(47)45-26-16-25-42(50(45)51)36-29-31-40(32-30-36)53(38-19-8-4-9-20-38,39-21-10-5-11-22-39)41-33-34-49-46(35-41)44-24-13-15-28-48(44)52(49)37-17-6-3-7-18-37/h4-6,8-34,41H,3,7,35H2,1-2H3. The number of aromatic nitrogens is 1. The molecule has 53 heavy (non-hydrogen) atoms. The molecule has 7 aromatic rings. The molecule has 256 valence electrons. The predicted octanol–water partition coefficient (Wildman–Crippen LogP) is 10.9. The summed E-state index contributed by atoms with van der Waals surface area (Å²) in [5.41, 5.74) is 13.9. The summed E-state index contributed by atoms with van der Waals surface area (Å²) in [5.74, 6) is 0. The zero-order valence-electron chi connectivity index (χ0n) is 30.5. The third kappa shape index (κ3) is 4.82. The number of nitrogens with zero attached hydrogens (tertiary/aromatic N) is 1. The van der Waals surface area contributed by atoms with E-state index in [0.717, 1.165) is 19.3 Å². The lowest BCUT2D eigenvalue weighted by molar-refractivity contribution is 0.662. The van der Waals surface area contributed by atoms with Crippen molar-refractivity contribution in [2.24, 2.45) is 0 Å². The molecule has 0 saturated carbocycles. The van der Waals surface area contributed by atoms with Crippen LogP contribution in [0, 0.1) is 0 Å². The van der Waals surface area contributed by atoms with Crippen molar-refractivity contribution in [2.75, 3.05) is 0 Å². The topological polar surface area (TPSA) is 4.93 Å². The minimum absolute atomic E-state index is 0.0684. The van der Waals surface area contributed by atoms with Gasteiger partial charge in [-0.2, -0.15) is 0 Å². The molecule has 10 rings (SSSR count). The molecule has 0 radical (unpaired) electrons. The first-order valence-corrected chi connectivity index (χ1v) is 21.3. The van der Waals surface area contributed by atoms with E-state index in [1.165, 1.54) is 76.8 Å². The van der Waals surface area contributed by atoms with Gasteiger partial charge in [0.2, 0.25) is 0 Å². The van der Waals surface area contributed by atoms with E-state index >= 15 is 0 Å². The van der Waals surface area contributed by atoms with Crippen molar-refractivity contribution in [2.45, 2.75) is 44.1 Å². The molecule has 1 atom stereocenters. The Morgan fingerprint density at radius 2 is 1.23 bits per heavy atom. The van der Waals surface area contributed by atoms with Crippen LogP contribution in [0.1, 0.15) is 49.1 Å². The van der Waals surface area contributed by atoms with E-state index < -0.39 is 8.07 Å². The first-order chi connectivity index (χ1) is 26.1. The predicted molar refractivity (Wildman–Crippen MR) is 228 cm³/mol. The van der Waals surface area contributed by atoms with Crippen molar-refractivity contribution in [3.63, 3.8) is 0 Å². The van der Waals surface area contributed by atoms with Crippen LogP contribution in [-0.4, -0.2) is 12.6 Å². The molecule has 0 fully saturated rings. The first-order valence-electron chi connectivity index (χ1n) is 19.2. The average Bonchev–Trinajstić information content (AvgIpc) is 3.68. The lowest BCUT2D eigenvalue weighted by Crippen LogP contribution is -2.70. The molecule has 2 heteroatoms. The van der Waals surface area contributed by atoms with Crippen molar-refractivity contribution >= 4 is 46.3 Å². The van der Waals surface area contributed by atoms with Gasteiger partial charge in [0.15, 0.2) is 8.07 Å². The highest BCUT2D eigenvalue weighted by atomic mass is 28.3. The minimum atomic E-state index is -2.66. The normalized spacial score (nSPS) is 16.9. The molecule has 1 aromatic heterocycles. The summed E-state index contributed by atoms with van der Waals surface area (Å²) in [6.45, 7) is 4.78. The Morgan fingerprint density at radius 1 is 0.585 bits per heavy atom. The highest BCUT2D eigenvalue weighted by molar-refractivity contribution is 7.12. The number of para-hydroxylation sites is 1. The first kappa shape index (κ1) is 32.0. The van der Waals surface area contributed by atoms with Crippen LogP contribution >= 0.6 is 0 Å². The smallest absolute Gasteiger partial charge is 0.155 e. The lowest BCUT2D eigenvalue weighted by Gasteiger charge is -2.41. The number of rotatable bonds is 6. The van der Waals surface area contributed by atoms with Crippen LogP contribution in [0.15, 0.2) is 176 Å². The molecular formula is C51H43NSi. The minimum Gasteiger partial charge on any atom is -0.310 e. The van der Waals surface area contributed by atoms with Gasteiger partial charge in [0.25, 0.3) is 0 Å². The van der Waals surface area contributed by atoms with Crippen molar-refractivity contribution in [3.05, 3.63) is 198 Å². The van der Waals surface area contributed by atoms with Gasteiger partial charge in [-0.3, -0.25) is 0 Å². The van der Waals surface area contributed by atoms with Crippen molar-refractivity contribution in [3.8, 4) is 22.3 Å². The van der Waals surface area contributed by atoms with Gasteiger partial charge in [0.1, 0.15) is 0 Å². The summed E-state index contributed by atoms with van der Waals surface area (Å²) in [5, 5.41) is 5.73. The largest absolute Gasteiger partial charge is 0.310 e. The molecule has 1 heterocycles. The van der Waals surface area contributed by atoms with Gasteiger partial charge in [-0.25, -0.2) is 0 Å². The van der Waals surface area contributed by atoms with Gasteiger partial charge in [-0.15, -0.1) is 0 Å². The van der Waals surface area contributed by atoms with E-state index in [0.29, 0.717) is 5.54 Å². The van der Waals surface area contributed by atoms with E-state index in [1.807, 2.05) is 0 Å². The quantitative estimate of drug-likeness (QED) is 0.120. The molecule has 0 N–H and O–H groups in total. The van der Waals surface area contributed by atoms with Crippen LogP contribution in [0.5, 0.6) is 0 Å². The van der Waals surface area contributed by atoms with Gasteiger partial charge in [0, 0.05) is 22.2 Å². The van der Waals surface area contributed by atoms with Gasteiger partial charge >= 0.3 is 0 Å². The number of allylic oxidation sites excluding steroid dienone is 5. The zero-order chi connectivity index (χ0) is 35.6. The van der Waals surface area contributed by atoms with Crippen LogP contribution in [-0.2, 0) is 11.8 Å². The number of hydrogen-bond donors (Lipinski definition) is 0. The maximum absolute atomic E-state index is 2.66. The Hall–Kier alpha value is -5.70. The highest BCUT2D eigenvalue weighted by Gasteiger charge is 2.47. The van der Waals surface area contributed by atoms with Crippen molar-refractivity contribution in [1.82, 2.24) is 4.57 Å². The number of hydrogen-bond acceptors (Lipinski definition) is 0. The maximum atomic E-state index is 2.58. The molecule has 3 aliphatic carbocycles. The summed E-state index contributed by atoms with van der Waals surface area (Å²) in [4.78, 5) is 0. The monoisotopic (exact) mass is 697 g/mol. The Labute approximate surface area is 314 Å². The zero-order valence-corrected chi connectivity index (χ0v) is 31.5. The van der Waals surface area contributed by atoms with Crippen LogP contribution < -0.4 is 15.6 Å². The second kappa shape index (κ2) is 12.5. The Morgan fingerprint density at radius 3 is 1.96 bits per heavy atom. The van der Waals surface area contributed by atoms with Gasteiger partial charge in [0.05, 0.1) is 5.52 Å². The van der Waals surface area contributed by atoms with Crippen molar-refractivity contribution in [1.29, 1.82) is 0 Å². The van der Waals surface area contributed by atoms with Crippen LogP contribution in [0.4, 0.5) is 0 Å². The fourth-order valence-corrected chi connectivity index (χ4v) is 15.4. The lowest BCUT2D eigenvalue weighted by atomic mass is 9.79. The Bertz CT molecular complexity index is 2560. The van der Waals surface area contributed by atoms with Gasteiger partial charge in [-0.1, -0.05) is 178 Å². The van der Waals surface area contributed by atoms with Crippen LogP contribution in [0.3, 0.4) is 0 Å². The van der Waals surface area contributed by atoms with E-state index in [2.05, 4.69) is 200 Å². The summed E-state index contributed by atoms with van der Waals surface area (Å²) in [7, 11) is -2.66. The summed E-state index contributed by atoms with van der Waals surface area (Å²) >= 11 is 0.